The highest BCUT2D eigenvalue weighted by Gasteiger charge is 2.20. The van der Waals surface area contributed by atoms with Gasteiger partial charge in [0.1, 0.15) is 0 Å². The van der Waals surface area contributed by atoms with Gasteiger partial charge in [-0.15, -0.1) is 0 Å². The highest BCUT2D eigenvalue weighted by Crippen LogP contribution is 2.22. The quantitative estimate of drug-likeness (QED) is 0.654. The van der Waals surface area contributed by atoms with Crippen molar-refractivity contribution < 1.29 is 5.11 Å². The van der Waals surface area contributed by atoms with Crippen molar-refractivity contribution in [2.75, 3.05) is 27.2 Å². The predicted molar refractivity (Wildman–Crippen MR) is 54.8 cm³/mol. The lowest BCUT2D eigenvalue weighted by Gasteiger charge is -2.27. The second-order valence-corrected chi connectivity index (χ2v) is 4.05. The van der Waals surface area contributed by atoms with E-state index in [2.05, 4.69) is 17.3 Å². The maximum atomic E-state index is 9.03. The molecule has 3 nitrogen and oxygen atoms in total. The Kier molecular flexibility index (Phi) is 4.70. The average molecular weight is 186 g/mol. The first-order chi connectivity index (χ1) is 6.27. The smallest absolute Gasteiger partial charge is 0.0597 e. The minimum absolute atomic E-state index is 0.227. The van der Waals surface area contributed by atoms with Crippen molar-refractivity contribution in [2.45, 2.75) is 37.8 Å². The molecule has 1 rings (SSSR count). The third-order valence-corrected chi connectivity index (χ3v) is 3.09. The van der Waals surface area contributed by atoms with Crippen molar-refractivity contribution in [1.82, 2.24) is 10.2 Å². The van der Waals surface area contributed by atoms with E-state index in [4.69, 9.17) is 5.11 Å². The fourth-order valence-corrected chi connectivity index (χ4v) is 2.08. The first-order valence-electron chi connectivity index (χ1n) is 5.26. The summed E-state index contributed by atoms with van der Waals surface area (Å²) in [6, 6.07) is 0.980. The van der Waals surface area contributed by atoms with Crippen LogP contribution in [0.2, 0.25) is 0 Å². The maximum Gasteiger partial charge on any atom is 0.0597 e. The number of nitrogens with zero attached hydrogens (tertiary/aromatic N) is 1. The van der Waals surface area contributed by atoms with Crippen molar-refractivity contribution in [3.05, 3.63) is 0 Å². The summed E-state index contributed by atoms with van der Waals surface area (Å²) in [6.45, 7) is 1.19. The van der Waals surface area contributed by atoms with Gasteiger partial charge in [0.2, 0.25) is 0 Å². The largest absolute Gasteiger partial charge is 0.395 e. The molecule has 0 aromatic rings. The molecule has 0 radical (unpaired) electrons. The zero-order valence-electron chi connectivity index (χ0n) is 8.79. The summed E-state index contributed by atoms with van der Waals surface area (Å²) >= 11 is 0. The van der Waals surface area contributed by atoms with Crippen molar-refractivity contribution in [3.63, 3.8) is 0 Å². The maximum absolute atomic E-state index is 9.03. The molecule has 0 spiro atoms. The molecule has 1 saturated carbocycles. The molecule has 1 atom stereocenters. The van der Waals surface area contributed by atoms with E-state index in [1.807, 2.05) is 7.05 Å². The van der Waals surface area contributed by atoms with Gasteiger partial charge in [-0.25, -0.2) is 0 Å². The third kappa shape index (κ3) is 3.25. The van der Waals surface area contributed by atoms with Crippen LogP contribution in [0.15, 0.2) is 0 Å². The van der Waals surface area contributed by atoms with Gasteiger partial charge in [-0.1, -0.05) is 12.8 Å². The molecule has 1 aliphatic carbocycles. The first kappa shape index (κ1) is 11.0. The zero-order valence-corrected chi connectivity index (χ0v) is 8.79. The van der Waals surface area contributed by atoms with Crippen LogP contribution in [0.25, 0.3) is 0 Å². The minimum atomic E-state index is 0.227. The third-order valence-electron chi connectivity index (χ3n) is 3.09. The van der Waals surface area contributed by atoms with Gasteiger partial charge >= 0.3 is 0 Å². The van der Waals surface area contributed by atoms with Gasteiger partial charge in [0.05, 0.1) is 6.61 Å². The molecule has 0 amide bonds. The van der Waals surface area contributed by atoms with Crippen LogP contribution < -0.4 is 5.32 Å². The van der Waals surface area contributed by atoms with Crippen LogP contribution in [0.4, 0.5) is 0 Å². The van der Waals surface area contributed by atoms with Crippen LogP contribution in [0.5, 0.6) is 0 Å². The van der Waals surface area contributed by atoms with E-state index in [0.29, 0.717) is 0 Å². The predicted octanol–water partition coefficient (Wildman–Crippen LogP) is 0.441. The molecule has 3 heteroatoms. The Morgan fingerprint density at radius 2 is 2.08 bits per heavy atom. The van der Waals surface area contributed by atoms with Crippen LogP contribution in [0.3, 0.4) is 0 Å². The summed E-state index contributed by atoms with van der Waals surface area (Å²) in [5.41, 5.74) is 0. The molecule has 0 aromatic carbocycles. The summed E-state index contributed by atoms with van der Waals surface area (Å²) < 4.78 is 0. The van der Waals surface area contributed by atoms with E-state index in [1.165, 1.54) is 25.7 Å². The van der Waals surface area contributed by atoms with Crippen molar-refractivity contribution >= 4 is 0 Å². The molecule has 0 bridgehead atoms. The Hall–Kier alpha value is -0.120. The van der Waals surface area contributed by atoms with Gasteiger partial charge in [-0.05, 0) is 26.9 Å². The van der Waals surface area contributed by atoms with Gasteiger partial charge < -0.3 is 15.3 Å². The molecule has 2 N–H and O–H groups in total. The second kappa shape index (κ2) is 5.58. The minimum Gasteiger partial charge on any atom is -0.395 e. The molecular weight excluding hydrogens is 164 g/mol. The summed E-state index contributed by atoms with van der Waals surface area (Å²) in [5, 5.41) is 12.1. The summed E-state index contributed by atoms with van der Waals surface area (Å²) in [6.07, 6.45) is 5.41. The molecule has 78 valence electrons. The lowest BCUT2D eigenvalue weighted by Crippen LogP contribution is -2.43. The molecule has 0 aliphatic heterocycles. The molecule has 13 heavy (non-hydrogen) atoms. The van der Waals surface area contributed by atoms with Crippen LogP contribution in [-0.2, 0) is 0 Å². The first-order valence-corrected chi connectivity index (χ1v) is 5.26. The van der Waals surface area contributed by atoms with E-state index >= 15 is 0 Å². The van der Waals surface area contributed by atoms with Gasteiger partial charge in [-0.2, -0.15) is 0 Å². The Balaban J connectivity index is 2.25. The van der Waals surface area contributed by atoms with E-state index in [9.17, 15) is 0 Å². The van der Waals surface area contributed by atoms with Crippen molar-refractivity contribution in [1.29, 1.82) is 0 Å². The van der Waals surface area contributed by atoms with Gasteiger partial charge in [-0.3, -0.25) is 0 Å². The van der Waals surface area contributed by atoms with Crippen LogP contribution in [-0.4, -0.2) is 49.3 Å². The van der Waals surface area contributed by atoms with Crippen LogP contribution in [0.1, 0.15) is 25.7 Å². The number of likely N-dealkylation sites (N-methyl/N-ethyl adjacent to an activating group) is 2. The monoisotopic (exact) mass is 186 g/mol. The Bertz CT molecular complexity index is 131. The molecule has 1 aliphatic rings. The molecule has 0 saturated heterocycles. The van der Waals surface area contributed by atoms with Gasteiger partial charge in [0.15, 0.2) is 0 Å². The Labute approximate surface area is 81.1 Å². The van der Waals surface area contributed by atoms with Crippen molar-refractivity contribution in [3.8, 4) is 0 Å². The number of nitrogens with one attached hydrogen (secondary N) is 1. The van der Waals surface area contributed by atoms with E-state index < -0.39 is 0 Å². The number of hydrogen-bond acceptors (Lipinski definition) is 3. The van der Waals surface area contributed by atoms with Crippen LogP contribution >= 0.6 is 0 Å². The summed E-state index contributed by atoms with van der Waals surface area (Å²) in [4.78, 5) is 2.38. The molecule has 1 unspecified atom stereocenters. The molecular formula is C10H22N2O. The van der Waals surface area contributed by atoms with E-state index in [-0.39, 0.29) is 12.6 Å². The summed E-state index contributed by atoms with van der Waals surface area (Å²) in [5.74, 6) is 0. The average Bonchev–Trinajstić information content (AvgIpc) is 2.66. The second-order valence-electron chi connectivity index (χ2n) is 4.05. The Morgan fingerprint density at radius 3 is 2.54 bits per heavy atom. The standard InChI is InChI=1S/C10H22N2O/c1-11-9(8-13)7-12(2)10-5-3-4-6-10/h9-11,13H,3-8H2,1-2H3. The number of aliphatic hydroxyl groups is 1. The number of aliphatic hydroxyl groups excluding tert-OH is 1. The van der Waals surface area contributed by atoms with E-state index in [0.717, 1.165) is 12.6 Å². The topological polar surface area (TPSA) is 35.5 Å². The lowest BCUT2D eigenvalue weighted by molar-refractivity contribution is 0.174. The zero-order chi connectivity index (χ0) is 9.68. The van der Waals surface area contributed by atoms with Gasteiger partial charge in [0, 0.05) is 18.6 Å². The fourth-order valence-electron chi connectivity index (χ4n) is 2.08. The van der Waals surface area contributed by atoms with Crippen molar-refractivity contribution in [2.24, 2.45) is 0 Å². The number of rotatable bonds is 5. The van der Waals surface area contributed by atoms with E-state index in [1.54, 1.807) is 0 Å². The Morgan fingerprint density at radius 1 is 1.46 bits per heavy atom. The highest BCUT2D eigenvalue weighted by molar-refractivity contribution is 4.78. The van der Waals surface area contributed by atoms with Crippen LogP contribution in [0, 0.1) is 0 Å². The normalized spacial score (nSPS) is 21.2. The highest BCUT2D eigenvalue weighted by atomic mass is 16.3. The fraction of sp³-hybridized carbons (Fsp3) is 1.00. The SMILES string of the molecule is CNC(CO)CN(C)C1CCCC1. The lowest BCUT2D eigenvalue weighted by atomic mass is 10.2. The number of hydrogen-bond donors (Lipinski definition) is 2. The molecule has 0 aromatic heterocycles. The summed E-state index contributed by atoms with van der Waals surface area (Å²) in [7, 11) is 4.07. The van der Waals surface area contributed by atoms with Gasteiger partial charge in [0.25, 0.3) is 0 Å². The molecule has 0 heterocycles. The molecule has 1 fully saturated rings.